The van der Waals surface area contributed by atoms with Gasteiger partial charge in [0.1, 0.15) is 5.75 Å². The summed E-state index contributed by atoms with van der Waals surface area (Å²) in [5.74, 6) is 0.850. The summed E-state index contributed by atoms with van der Waals surface area (Å²) in [6.07, 6.45) is 0. The number of methoxy groups -OCH3 is 1. The van der Waals surface area contributed by atoms with Crippen LogP contribution in [0, 0.1) is 0 Å². The highest BCUT2D eigenvalue weighted by molar-refractivity contribution is 5.62. The fourth-order valence-electron chi connectivity index (χ4n) is 1.41. The van der Waals surface area contributed by atoms with Crippen molar-refractivity contribution in [2.45, 2.75) is 0 Å². The molecule has 0 aliphatic heterocycles. The third-order valence-corrected chi connectivity index (χ3v) is 2.29. The summed E-state index contributed by atoms with van der Waals surface area (Å²) in [5, 5.41) is 3.27. The van der Waals surface area contributed by atoms with E-state index in [-0.39, 0.29) is 12.4 Å². The molecule has 0 aliphatic carbocycles. The van der Waals surface area contributed by atoms with E-state index < -0.39 is 0 Å². The topological polar surface area (TPSA) is 47.3 Å². The van der Waals surface area contributed by atoms with E-state index in [1.165, 1.54) is 0 Å². The summed E-state index contributed by atoms with van der Waals surface area (Å²) in [5.41, 5.74) is 8.41. The van der Waals surface area contributed by atoms with E-state index in [2.05, 4.69) is 5.32 Å². The first-order valence-electron chi connectivity index (χ1n) is 5.04. The van der Waals surface area contributed by atoms with E-state index in [4.69, 9.17) is 10.5 Å². The Morgan fingerprint density at radius 2 is 1.35 bits per heavy atom. The van der Waals surface area contributed by atoms with Crippen molar-refractivity contribution >= 4 is 17.1 Å². The molecule has 0 fully saturated rings. The number of ether oxygens (including phenoxy) is 1. The predicted molar refractivity (Wildman–Crippen MR) is 67.1 cm³/mol. The van der Waals surface area contributed by atoms with Crippen molar-refractivity contribution in [3.05, 3.63) is 48.5 Å². The second-order valence-corrected chi connectivity index (χ2v) is 3.48. The van der Waals surface area contributed by atoms with E-state index in [1.54, 1.807) is 7.11 Å². The maximum Gasteiger partial charge on any atom is 0.119 e. The summed E-state index contributed by atoms with van der Waals surface area (Å²) >= 11 is 0. The monoisotopic (exact) mass is 249 g/mol. The van der Waals surface area contributed by atoms with Crippen molar-refractivity contribution in [2.75, 3.05) is 18.2 Å². The minimum atomic E-state index is 0. The van der Waals surface area contributed by atoms with Crippen LogP contribution in [-0.2, 0) is 0 Å². The molecule has 3 N–H and O–H groups in total. The molecule has 0 bridgehead atoms. The van der Waals surface area contributed by atoms with Gasteiger partial charge in [-0.2, -0.15) is 0 Å². The molecule has 0 saturated heterocycles. The minimum absolute atomic E-state index is 0. The van der Waals surface area contributed by atoms with Crippen LogP contribution in [-0.4, -0.2) is 7.11 Å². The molecule has 0 unspecified atom stereocenters. The van der Waals surface area contributed by atoms with Crippen LogP contribution in [0.3, 0.4) is 0 Å². The lowest BCUT2D eigenvalue weighted by atomic mass is 10.2. The van der Waals surface area contributed by atoms with E-state index in [0.717, 1.165) is 22.8 Å². The van der Waals surface area contributed by atoms with Crippen molar-refractivity contribution < 1.29 is 17.1 Å². The van der Waals surface area contributed by atoms with Gasteiger partial charge in [0.25, 0.3) is 0 Å². The van der Waals surface area contributed by atoms with Crippen LogP contribution >= 0.6 is 0 Å². The molecule has 0 amide bonds. The van der Waals surface area contributed by atoms with Crippen LogP contribution in [0.5, 0.6) is 5.75 Å². The Bertz CT molecular complexity index is 454. The SMILES string of the molecule is COc1ccc(Nc2ccc(N)cc2)cc1.[Cl-]. The molecule has 0 heterocycles. The van der Waals surface area contributed by atoms with E-state index in [0.29, 0.717) is 0 Å². The smallest absolute Gasteiger partial charge is 0.119 e. The Morgan fingerprint density at radius 1 is 0.882 bits per heavy atom. The number of nitrogens with one attached hydrogen (secondary N) is 1. The van der Waals surface area contributed by atoms with Gasteiger partial charge in [-0.05, 0) is 48.5 Å². The zero-order valence-electron chi connectivity index (χ0n) is 9.48. The lowest BCUT2D eigenvalue weighted by molar-refractivity contribution is -0.00000354. The second-order valence-electron chi connectivity index (χ2n) is 3.48. The zero-order chi connectivity index (χ0) is 11.4. The average Bonchev–Trinajstić information content (AvgIpc) is 2.33. The molecule has 0 aliphatic rings. The molecule has 2 rings (SSSR count). The van der Waals surface area contributed by atoms with Gasteiger partial charge in [-0.15, -0.1) is 0 Å². The fourth-order valence-corrected chi connectivity index (χ4v) is 1.41. The Morgan fingerprint density at radius 3 is 1.82 bits per heavy atom. The summed E-state index contributed by atoms with van der Waals surface area (Å²) in [6, 6.07) is 15.4. The van der Waals surface area contributed by atoms with Crippen LogP contribution in [0.2, 0.25) is 0 Å². The fraction of sp³-hybridized carbons (Fsp3) is 0.0769. The zero-order valence-corrected chi connectivity index (χ0v) is 10.2. The Kier molecular flexibility index (Phi) is 4.67. The second kappa shape index (κ2) is 6.01. The van der Waals surface area contributed by atoms with Gasteiger partial charge in [0.2, 0.25) is 0 Å². The number of nitrogen functional groups attached to an aromatic ring is 1. The molecule has 0 spiro atoms. The number of hydrogen-bond donors (Lipinski definition) is 2. The number of hydrogen-bond acceptors (Lipinski definition) is 3. The number of rotatable bonds is 3. The van der Waals surface area contributed by atoms with Crippen molar-refractivity contribution in [1.29, 1.82) is 0 Å². The van der Waals surface area contributed by atoms with Gasteiger partial charge < -0.3 is 28.2 Å². The van der Waals surface area contributed by atoms with Crippen molar-refractivity contribution in [3.8, 4) is 5.75 Å². The van der Waals surface area contributed by atoms with E-state index in [1.807, 2.05) is 48.5 Å². The summed E-state index contributed by atoms with van der Waals surface area (Å²) in [7, 11) is 1.66. The van der Waals surface area contributed by atoms with Crippen molar-refractivity contribution in [1.82, 2.24) is 0 Å². The van der Waals surface area contributed by atoms with Gasteiger partial charge in [0.05, 0.1) is 7.11 Å². The highest BCUT2D eigenvalue weighted by Crippen LogP contribution is 2.20. The highest BCUT2D eigenvalue weighted by atomic mass is 35.5. The quantitative estimate of drug-likeness (QED) is 0.755. The molecule has 0 radical (unpaired) electrons. The Labute approximate surface area is 107 Å². The third-order valence-electron chi connectivity index (χ3n) is 2.29. The summed E-state index contributed by atoms with van der Waals surface area (Å²) in [4.78, 5) is 0. The van der Waals surface area contributed by atoms with Crippen molar-refractivity contribution in [2.24, 2.45) is 0 Å². The van der Waals surface area contributed by atoms with Gasteiger partial charge in [-0.1, -0.05) is 0 Å². The molecular formula is C13H14ClN2O-. The lowest BCUT2D eigenvalue weighted by Crippen LogP contribution is -3.00. The first-order valence-corrected chi connectivity index (χ1v) is 5.04. The number of anilines is 3. The largest absolute Gasteiger partial charge is 1.00 e. The van der Waals surface area contributed by atoms with Gasteiger partial charge in [0, 0.05) is 17.1 Å². The predicted octanol–water partition coefficient (Wildman–Crippen LogP) is 0.0250. The Balaban J connectivity index is 0.00000144. The van der Waals surface area contributed by atoms with E-state index >= 15 is 0 Å². The molecule has 2 aromatic carbocycles. The lowest BCUT2D eigenvalue weighted by Gasteiger charge is -2.07. The normalized spacial score (nSPS) is 9.24. The van der Waals surface area contributed by atoms with Crippen LogP contribution in [0.15, 0.2) is 48.5 Å². The molecule has 0 saturated carbocycles. The minimum Gasteiger partial charge on any atom is -1.00 e. The molecule has 0 aromatic heterocycles. The molecule has 0 atom stereocenters. The van der Waals surface area contributed by atoms with Crippen LogP contribution in [0.4, 0.5) is 17.1 Å². The summed E-state index contributed by atoms with van der Waals surface area (Å²) < 4.78 is 5.09. The number of halogens is 1. The molecule has 3 nitrogen and oxygen atoms in total. The molecule has 4 heteroatoms. The van der Waals surface area contributed by atoms with Crippen LogP contribution < -0.4 is 28.2 Å². The Hall–Kier alpha value is -1.87. The number of nitrogens with two attached hydrogens (primary N) is 1. The molecule has 17 heavy (non-hydrogen) atoms. The van der Waals surface area contributed by atoms with Gasteiger partial charge in [-0.3, -0.25) is 0 Å². The van der Waals surface area contributed by atoms with Crippen LogP contribution in [0.1, 0.15) is 0 Å². The third kappa shape index (κ3) is 3.57. The average molecular weight is 250 g/mol. The highest BCUT2D eigenvalue weighted by Gasteiger charge is 1.95. The van der Waals surface area contributed by atoms with Gasteiger partial charge in [-0.25, -0.2) is 0 Å². The van der Waals surface area contributed by atoms with Gasteiger partial charge in [0.15, 0.2) is 0 Å². The number of benzene rings is 2. The molecule has 90 valence electrons. The standard InChI is InChI=1S/C13H14N2O.ClH/c1-16-13-8-6-12(7-9-13)15-11-4-2-10(14)3-5-11;/h2-9,15H,14H2,1H3;1H/p-1. The molecule has 2 aromatic rings. The maximum absolute atomic E-state index is 5.61. The maximum atomic E-state index is 5.61. The summed E-state index contributed by atoms with van der Waals surface area (Å²) in [6.45, 7) is 0. The molecular weight excluding hydrogens is 236 g/mol. The first-order chi connectivity index (χ1) is 7.78. The first kappa shape index (κ1) is 13.2. The van der Waals surface area contributed by atoms with E-state index in [9.17, 15) is 0 Å². The van der Waals surface area contributed by atoms with Crippen molar-refractivity contribution in [3.63, 3.8) is 0 Å². The van der Waals surface area contributed by atoms with Crippen LogP contribution in [0.25, 0.3) is 0 Å². The van der Waals surface area contributed by atoms with Gasteiger partial charge >= 0.3 is 0 Å².